The van der Waals surface area contributed by atoms with Crippen molar-refractivity contribution in [1.82, 2.24) is 9.55 Å². The van der Waals surface area contributed by atoms with Gasteiger partial charge in [0, 0.05) is 16.8 Å². The minimum Gasteiger partial charge on any atom is -0.494 e. The standard InChI is InChI=1S/C13H13BrN2O3S/c1-20-7-6-16-12(18)10(11(17)15-13(16)19)8-2-4-9(14)5-3-8/h2-5,18H,6-7H2,1H3,(H,15,17,19). The van der Waals surface area contributed by atoms with Crippen molar-refractivity contribution in [1.29, 1.82) is 0 Å². The molecule has 0 aliphatic rings. The van der Waals surface area contributed by atoms with Gasteiger partial charge in [0.05, 0.1) is 0 Å². The van der Waals surface area contributed by atoms with Gasteiger partial charge in [-0.25, -0.2) is 4.79 Å². The smallest absolute Gasteiger partial charge is 0.331 e. The molecular formula is C13H13BrN2O3S. The van der Waals surface area contributed by atoms with Gasteiger partial charge in [-0.3, -0.25) is 14.3 Å². The molecule has 0 spiro atoms. The molecule has 1 aromatic carbocycles. The van der Waals surface area contributed by atoms with E-state index in [0.29, 0.717) is 17.9 Å². The van der Waals surface area contributed by atoms with Crippen molar-refractivity contribution < 1.29 is 5.11 Å². The molecule has 1 heterocycles. The van der Waals surface area contributed by atoms with Crippen molar-refractivity contribution in [3.8, 4) is 17.0 Å². The fourth-order valence-corrected chi connectivity index (χ4v) is 2.46. The number of nitrogens with one attached hydrogen (secondary N) is 1. The lowest BCUT2D eigenvalue weighted by atomic mass is 10.1. The third-order valence-electron chi connectivity index (χ3n) is 2.82. The molecule has 0 saturated carbocycles. The molecule has 0 radical (unpaired) electrons. The quantitative estimate of drug-likeness (QED) is 0.878. The van der Waals surface area contributed by atoms with Crippen LogP contribution in [-0.2, 0) is 6.54 Å². The summed E-state index contributed by atoms with van der Waals surface area (Å²) in [7, 11) is 0. The largest absolute Gasteiger partial charge is 0.494 e. The minimum atomic E-state index is -0.595. The number of aromatic nitrogens is 2. The molecule has 2 aromatic rings. The summed E-state index contributed by atoms with van der Waals surface area (Å²) < 4.78 is 2.04. The normalized spacial score (nSPS) is 10.7. The summed E-state index contributed by atoms with van der Waals surface area (Å²) in [5.74, 6) is 0.370. The van der Waals surface area contributed by atoms with Crippen LogP contribution in [0.25, 0.3) is 11.1 Å². The van der Waals surface area contributed by atoms with E-state index in [-0.39, 0.29) is 11.4 Å². The maximum Gasteiger partial charge on any atom is 0.331 e. The molecule has 0 aliphatic heterocycles. The van der Waals surface area contributed by atoms with E-state index in [1.807, 2.05) is 6.26 Å². The number of H-pyrrole nitrogens is 1. The third kappa shape index (κ3) is 2.99. The topological polar surface area (TPSA) is 75.1 Å². The summed E-state index contributed by atoms with van der Waals surface area (Å²) in [6, 6.07) is 6.95. The van der Waals surface area contributed by atoms with Gasteiger partial charge in [-0.05, 0) is 24.0 Å². The van der Waals surface area contributed by atoms with Gasteiger partial charge in [0.15, 0.2) is 0 Å². The van der Waals surface area contributed by atoms with E-state index in [1.165, 1.54) is 4.57 Å². The van der Waals surface area contributed by atoms with Crippen molar-refractivity contribution in [2.45, 2.75) is 6.54 Å². The van der Waals surface area contributed by atoms with Gasteiger partial charge in [-0.2, -0.15) is 11.8 Å². The van der Waals surface area contributed by atoms with E-state index in [2.05, 4.69) is 20.9 Å². The number of aromatic amines is 1. The number of thioether (sulfide) groups is 1. The van der Waals surface area contributed by atoms with E-state index >= 15 is 0 Å². The number of benzene rings is 1. The molecule has 0 fully saturated rings. The number of rotatable bonds is 4. The van der Waals surface area contributed by atoms with E-state index in [1.54, 1.807) is 36.0 Å². The second-order valence-corrected chi connectivity index (χ2v) is 6.01. The predicted molar refractivity (Wildman–Crippen MR) is 84.5 cm³/mol. The zero-order chi connectivity index (χ0) is 14.7. The lowest BCUT2D eigenvalue weighted by molar-refractivity contribution is 0.409. The molecule has 106 valence electrons. The Morgan fingerprint density at radius 2 is 1.95 bits per heavy atom. The molecule has 5 nitrogen and oxygen atoms in total. The van der Waals surface area contributed by atoms with E-state index in [4.69, 9.17) is 0 Å². The van der Waals surface area contributed by atoms with Crippen molar-refractivity contribution in [2.24, 2.45) is 0 Å². The van der Waals surface area contributed by atoms with Gasteiger partial charge < -0.3 is 5.11 Å². The fraction of sp³-hybridized carbons (Fsp3) is 0.231. The summed E-state index contributed by atoms with van der Waals surface area (Å²) >= 11 is 4.86. The highest BCUT2D eigenvalue weighted by molar-refractivity contribution is 9.10. The second kappa shape index (κ2) is 6.32. The van der Waals surface area contributed by atoms with Crippen LogP contribution in [0.5, 0.6) is 5.88 Å². The van der Waals surface area contributed by atoms with Crippen LogP contribution in [0.4, 0.5) is 0 Å². The van der Waals surface area contributed by atoms with Crippen LogP contribution in [0, 0.1) is 0 Å². The van der Waals surface area contributed by atoms with Crippen LogP contribution in [0.15, 0.2) is 38.3 Å². The molecule has 7 heteroatoms. The fourth-order valence-electron chi connectivity index (χ4n) is 1.83. The lowest BCUT2D eigenvalue weighted by Gasteiger charge is -2.11. The Labute approximate surface area is 127 Å². The van der Waals surface area contributed by atoms with E-state index in [9.17, 15) is 14.7 Å². The molecule has 0 amide bonds. The van der Waals surface area contributed by atoms with Gasteiger partial charge in [-0.1, -0.05) is 28.1 Å². The molecule has 0 saturated heterocycles. The first kappa shape index (κ1) is 14.9. The number of aromatic hydroxyl groups is 1. The molecular weight excluding hydrogens is 344 g/mol. The number of halogens is 1. The van der Waals surface area contributed by atoms with Crippen molar-refractivity contribution in [3.05, 3.63) is 49.6 Å². The highest BCUT2D eigenvalue weighted by Gasteiger charge is 2.15. The molecule has 0 bridgehead atoms. The zero-order valence-corrected chi connectivity index (χ0v) is 13.1. The van der Waals surface area contributed by atoms with Crippen LogP contribution >= 0.6 is 27.7 Å². The first-order chi connectivity index (χ1) is 9.54. The van der Waals surface area contributed by atoms with Crippen LogP contribution in [-0.4, -0.2) is 26.7 Å². The van der Waals surface area contributed by atoms with Gasteiger partial charge >= 0.3 is 5.69 Å². The predicted octanol–water partition coefficient (Wildman–Crippen LogP) is 2.03. The summed E-state index contributed by atoms with van der Waals surface area (Å²) in [6.07, 6.45) is 1.91. The van der Waals surface area contributed by atoms with Crippen molar-refractivity contribution >= 4 is 27.7 Å². The SMILES string of the molecule is CSCCn1c(O)c(-c2ccc(Br)cc2)c(=O)[nH]c1=O. The molecule has 20 heavy (non-hydrogen) atoms. The molecule has 2 rings (SSSR count). The van der Waals surface area contributed by atoms with Crippen molar-refractivity contribution in [2.75, 3.05) is 12.0 Å². The Bertz CT molecular complexity index is 722. The highest BCUT2D eigenvalue weighted by Crippen LogP contribution is 2.25. The van der Waals surface area contributed by atoms with Gasteiger partial charge in [-0.15, -0.1) is 0 Å². The summed E-state index contributed by atoms with van der Waals surface area (Å²) in [6.45, 7) is 0.339. The Hall–Kier alpha value is -1.47. The van der Waals surface area contributed by atoms with Crippen LogP contribution in [0.2, 0.25) is 0 Å². The lowest BCUT2D eigenvalue weighted by Crippen LogP contribution is -2.31. The maximum absolute atomic E-state index is 11.9. The van der Waals surface area contributed by atoms with E-state index < -0.39 is 11.2 Å². The van der Waals surface area contributed by atoms with Gasteiger partial charge in [0.2, 0.25) is 5.88 Å². The van der Waals surface area contributed by atoms with Crippen LogP contribution in [0.1, 0.15) is 0 Å². The number of hydrogen-bond acceptors (Lipinski definition) is 4. The molecule has 2 N–H and O–H groups in total. The third-order valence-corrected chi connectivity index (χ3v) is 3.94. The first-order valence-corrected chi connectivity index (χ1v) is 8.04. The minimum absolute atomic E-state index is 0.109. The number of hydrogen-bond donors (Lipinski definition) is 2. The Morgan fingerprint density at radius 1 is 1.30 bits per heavy atom. The van der Waals surface area contributed by atoms with Crippen LogP contribution < -0.4 is 11.2 Å². The van der Waals surface area contributed by atoms with E-state index in [0.717, 1.165) is 4.47 Å². The molecule has 0 aliphatic carbocycles. The summed E-state index contributed by atoms with van der Waals surface area (Å²) in [4.78, 5) is 25.9. The Balaban J connectivity index is 2.61. The zero-order valence-electron chi connectivity index (χ0n) is 10.7. The summed E-state index contributed by atoms with van der Waals surface area (Å²) in [5, 5.41) is 10.2. The maximum atomic E-state index is 11.9. The van der Waals surface area contributed by atoms with Crippen LogP contribution in [0.3, 0.4) is 0 Å². The molecule has 0 unspecified atom stereocenters. The average molecular weight is 357 g/mol. The second-order valence-electron chi connectivity index (χ2n) is 4.11. The van der Waals surface area contributed by atoms with Gasteiger partial charge in [0.25, 0.3) is 5.56 Å². The molecule has 0 atom stereocenters. The summed E-state index contributed by atoms with van der Waals surface area (Å²) in [5.41, 5.74) is -0.513. The monoisotopic (exact) mass is 356 g/mol. The molecule has 1 aromatic heterocycles. The highest BCUT2D eigenvalue weighted by atomic mass is 79.9. The van der Waals surface area contributed by atoms with Crippen molar-refractivity contribution in [3.63, 3.8) is 0 Å². The van der Waals surface area contributed by atoms with Gasteiger partial charge in [0.1, 0.15) is 5.56 Å². The Kier molecular flexibility index (Phi) is 4.72. The first-order valence-electron chi connectivity index (χ1n) is 5.85. The average Bonchev–Trinajstić information content (AvgIpc) is 2.40. The Morgan fingerprint density at radius 3 is 2.55 bits per heavy atom. The number of nitrogens with zero attached hydrogens (tertiary/aromatic N) is 1.